The fourth-order valence-corrected chi connectivity index (χ4v) is 1.14. The van der Waals surface area contributed by atoms with Gasteiger partial charge in [0.05, 0.1) is 12.6 Å². The molecule has 6 N–H and O–H groups in total. The average molecular weight is 179 g/mol. The minimum atomic E-state index is -1.43. The Morgan fingerprint density at radius 2 is 1.83 bits per heavy atom. The topological polar surface area (TPSA) is 116 Å². The van der Waals surface area contributed by atoms with Gasteiger partial charge in [0.25, 0.3) is 0 Å². The Bertz CT molecular complexity index is 155. The molecule has 1 aliphatic heterocycles. The molecule has 1 rings (SSSR count). The summed E-state index contributed by atoms with van der Waals surface area (Å²) < 4.78 is 4.71. The zero-order chi connectivity index (χ0) is 9.30. The highest BCUT2D eigenvalue weighted by Gasteiger charge is 2.44. The molecule has 72 valence electrons. The van der Waals surface area contributed by atoms with Gasteiger partial charge in [0, 0.05) is 0 Å². The molecule has 1 aliphatic rings. The number of aliphatic hydroxyl groups excluding tert-OH is 4. The van der Waals surface area contributed by atoms with Crippen LogP contribution in [0.25, 0.3) is 0 Å². The molecule has 0 aliphatic carbocycles. The van der Waals surface area contributed by atoms with Gasteiger partial charge in [-0.05, 0) is 0 Å². The van der Waals surface area contributed by atoms with Crippen molar-refractivity contribution in [2.24, 2.45) is 5.73 Å². The van der Waals surface area contributed by atoms with Gasteiger partial charge in [0.15, 0.2) is 6.29 Å². The largest absolute Gasteiger partial charge is 0.395 e. The summed E-state index contributed by atoms with van der Waals surface area (Å²) in [4.78, 5) is 0. The molecule has 6 heteroatoms. The molecule has 1 fully saturated rings. The average Bonchev–Trinajstić information content (AvgIpc) is 2.32. The van der Waals surface area contributed by atoms with Gasteiger partial charge in [-0.2, -0.15) is 0 Å². The summed E-state index contributed by atoms with van der Waals surface area (Å²) in [7, 11) is 0. The molecular formula is C6H13NO5. The molecule has 0 bridgehead atoms. The minimum absolute atomic E-state index is 0.374. The highest BCUT2D eigenvalue weighted by Crippen LogP contribution is 2.20. The van der Waals surface area contributed by atoms with E-state index in [-0.39, 0.29) is 6.61 Å². The van der Waals surface area contributed by atoms with E-state index in [1.807, 2.05) is 0 Å². The molecule has 0 radical (unpaired) electrons. The number of hydrogen-bond acceptors (Lipinski definition) is 6. The van der Waals surface area contributed by atoms with Crippen LogP contribution in [0.15, 0.2) is 0 Å². The van der Waals surface area contributed by atoms with Gasteiger partial charge in [-0.25, -0.2) is 0 Å². The first-order valence-electron chi connectivity index (χ1n) is 3.64. The molecule has 1 saturated heterocycles. The lowest BCUT2D eigenvalue weighted by molar-refractivity contribution is -0.131. The summed E-state index contributed by atoms with van der Waals surface area (Å²) in [5, 5.41) is 35.7. The standard InChI is InChI=1S/C6H13NO5/c7-2(1-8)5-3(9)4(10)6(11)12-5/h2-6,8-11H,1,7H2/t2-,3-,4-,5+,6-/m1/s1. The summed E-state index contributed by atoms with van der Waals surface area (Å²) in [5.41, 5.74) is 5.34. The van der Waals surface area contributed by atoms with Gasteiger partial charge in [0.1, 0.15) is 18.3 Å². The summed E-state index contributed by atoms with van der Waals surface area (Å²) in [6.07, 6.45) is -4.95. The first-order valence-corrected chi connectivity index (χ1v) is 3.64. The summed E-state index contributed by atoms with van der Waals surface area (Å²) >= 11 is 0. The van der Waals surface area contributed by atoms with Crippen molar-refractivity contribution in [3.63, 3.8) is 0 Å². The van der Waals surface area contributed by atoms with Crippen LogP contribution in [-0.4, -0.2) is 57.7 Å². The van der Waals surface area contributed by atoms with Crippen molar-refractivity contribution in [2.45, 2.75) is 30.6 Å². The molecule has 12 heavy (non-hydrogen) atoms. The molecule has 5 atom stereocenters. The number of ether oxygens (including phenoxy) is 1. The molecule has 0 aromatic heterocycles. The normalized spacial score (nSPS) is 44.8. The molecule has 0 spiro atoms. The van der Waals surface area contributed by atoms with E-state index in [1.165, 1.54) is 0 Å². The minimum Gasteiger partial charge on any atom is -0.395 e. The van der Waals surface area contributed by atoms with Crippen LogP contribution in [-0.2, 0) is 4.74 Å². The molecule has 0 amide bonds. The molecule has 0 aromatic carbocycles. The lowest BCUT2D eigenvalue weighted by atomic mass is 10.1. The smallest absolute Gasteiger partial charge is 0.184 e. The van der Waals surface area contributed by atoms with Crippen molar-refractivity contribution < 1.29 is 25.2 Å². The zero-order valence-electron chi connectivity index (χ0n) is 6.37. The van der Waals surface area contributed by atoms with Crippen molar-refractivity contribution in [1.29, 1.82) is 0 Å². The molecule has 0 aromatic rings. The van der Waals surface area contributed by atoms with E-state index in [1.54, 1.807) is 0 Å². The van der Waals surface area contributed by atoms with Crippen LogP contribution in [0.3, 0.4) is 0 Å². The molecule has 6 nitrogen and oxygen atoms in total. The molecular weight excluding hydrogens is 166 g/mol. The zero-order valence-corrected chi connectivity index (χ0v) is 6.37. The van der Waals surface area contributed by atoms with Crippen molar-refractivity contribution in [3.05, 3.63) is 0 Å². The van der Waals surface area contributed by atoms with Crippen LogP contribution < -0.4 is 5.73 Å². The Hall–Kier alpha value is -0.240. The summed E-state index contributed by atoms with van der Waals surface area (Å²) in [5.74, 6) is 0. The van der Waals surface area contributed by atoms with Gasteiger partial charge in [-0.15, -0.1) is 0 Å². The van der Waals surface area contributed by atoms with Crippen molar-refractivity contribution in [2.75, 3.05) is 6.61 Å². The van der Waals surface area contributed by atoms with E-state index < -0.39 is 30.6 Å². The maximum Gasteiger partial charge on any atom is 0.184 e. The summed E-state index contributed by atoms with van der Waals surface area (Å²) in [6, 6.07) is -0.799. The Labute approximate surface area is 69.2 Å². The monoisotopic (exact) mass is 179 g/mol. The second kappa shape index (κ2) is 3.65. The number of aliphatic hydroxyl groups is 4. The second-order valence-corrected chi connectivity index (χ2v) is 2.82. The fourth-order valence-electron chi connectivity index (χ4n) is 1.14. The van der Waals surface area contributed by atoms with Gasteiger partial charge in [-0.1, -0.05) is 0 Å². The van der Waals surface area contributed by atoms with Crippen molar-refractivity contribution >= 4 is 0 Å². The summed E-state index contributed by atoms with van der Waals surface area (Å²) in [6.45, 7) is -0.374. The molecule has 1 heterocycles. The van der Waals surface area contributed by atoms with Crippen LogP contribution in [0, 0.1) is 0 Å². The third-order valence-corrected chi connectivity index (χ3v) is 1.91. The number of nitrogens with two attached hydrogens (primary N) is 1. The Morgan fingerprint density at radius 3 is 2.17 bits per heavy atom. The first-order chi connectivity index (χ1) is 5.57. The third kappa shape index (κ3) is 1.58. The molecule has 0 saturated carbocycles. The van der Waals surface area contributed by atoms with Crippen LogP contribution >= 0.6 is 0 Å². The van der Waals surface area contributed by atoms with Crippen molar-refractivity contribution in [1.82, 2.24) is 0 Å². The quantitative estimate of drug-likeness (QED) is 0.304. The van der Waals surface area contributed by atoms with E-state index in [0.717, 1.165) is 0 Å². The van der Waals surface area contributed by atoms with Gasteiger partial charge in [-0.3, -0.25) is 0 Å². The maximum absolute atomic E-state index is 9.20. The predicted molar refractivity (Wildman–Crippen MR) is 38.0 cm³/mol. The fraction of sp³-hybridized carbons (Fsp3) is 1.00. The van der Waals surface area contributed by atoms with Gasteiger partial charge >= 0.3 is 0 Å². The Balaban J connectivity index is 2.58. The lowest BCUT2D eigenvalue weighted by Gasteiger charge is -2.19. The van der Waals surface area contributed by atoms with Crippen molar-refractivity contribution in [3.8, 4) is 0 Å². The van der Waals surface area contributed by atoms with Crippen LogP contribution in [0.1, 0.15) is 0 Å². The first kappa shape index (κ1) is 9.85. The van der Waals surface area contributed by atoms with E-state index >= 15 is 0 Å². The SMILES string of the molecule is N[C@H](CO)[C@@H]1O[C@@H](O)[C@H](O)[C@H]1O. The van der Waals surface area contributed by atoms with Gasteiger partial charge < -0.3 is 30.9 Å². The van der Waals surface area contributed by atoms with Crippen LogP contribution in [0.5, 0.6) is 0 Å². The Morgan fingerprint density at radius 1 is 1.25 bits per heavy atom. The Kier molecular flexibility index (Phi) is 2.99. The highest BCUT2D eigenvalue weighted by molar-refractivity contribution is 4.91. The van der Waals surface area contributed by atoms with E-state index in [0.29, 0.717) is 0 Å². The van der Waals surface area contributed by atoms with Crippen LogP contribution in [0.2, 0.25) is 0 Å². The number of hydrogen-bond donors (Lipinski definition) is 5. The second-order valence-electron chi connectivity index (χ2n) is 2.82. The van der Waals surface area contributed by atoms with E-state index in [2.05, 4.69) is 0 Å². The van der Waals surface area contributed by atoms with Crippen LogP contribution in [0.4, 0.5) is 0 Å². The maximum atomic E-state index is 9.20. The molecule has 0 unspecified atom stereocenters. The van der Waals surface area contributed by atoms with E-state index in [9.17, 15) is 5.11 Å². The predicted octanol–water partition coefficient (Wildman–Crippen LogP) is -3.25. The third-order valence-electron chi connectivity index (χ3n) is 1.91. The van der Waals surface area contributed by atoms with Gasteiger partial charge in [0.2, 0.25) is 0 Å². The lowest BCUT2D eigenvalue weighted by Crippen LogP contribution is -2.45. The highest BCUT2D eigenvalue weighted by atomic mass is 16.6. The van der Waals surface area contributed by atoms with E-state index in [4.69, 9.17) is 25.8 Å². The number of rotatable bonds is 2.